The number of nitrogens with zero attached hydrogens (tertiary/aromatic N) is 3. The summed E-state index contributed by atoms with van der Waals surface area (Å²) in [5.74, 6) is 0.786. The van der Waals surface area contributed by atoms with E-state index in [4.69, 9.17) is 9.26 Å². The summed E-state index contributed by atoms with van der Waals surface area (Å²) in [5.41, 5.74) is 0.887. The van der Waals surface area contributed by atoms with Gasteiger partial charge in [-0.3, -0.25) is 9.59 Å². The third-order valence-corrected chi connectivity index (χ3v) is 5.31. The van der Waals surface area contributed by atoms with E-state index in [1.807, 2.05) is 24.3 Å². The van der Waals surface area contributed by atoms with Crippen molar-refractivity contribution < 1.29 is 18.8 Å². The fourth-order valence-electron chi connectivity index (χ4n) is 3.07. The number of carbonyl (C=O) groups excluding carboxylic acids is 2. The predicted molar refractivity (Wildman–Crippen MR) is 107 cm³/mol. The highest BCUT2D eigenvalue weighted by Crippen LogP contribution is 2.20. The van der Waals surface area contributed by atoms with E-state index in [9.17, 15) is 9.59 Å². The average molecular weight is 483 g/mol. The van der Waals surface area contributed by atoms with Crippen LogP contribution in [0.15, 0.2) is 28.8 Å². The molecule has 1 saturated heterocycles. The second-order valence-corrected chi connectivity index (χ2v) is 7.67. The largest absolute Gasteiger partial charge is 0.466 e. The Morgan fingerprint density at radius 1 is 1.26 bits per heavy atom. The number of esters is 1. The Kier molecular flexibility index (Phi) is 6.81. The van der Waals surface area contributed by atoms with Crippen LogP contribution in [0.1, 0.15) is 32.1 Å². The van der Waals surface area contributed by atoms with Gasteiger partial charge in [-0.2, -0.15) is 4.98 Å². The van der Waals surface area contributed by atoms with Gasteiger partial charge in [0.05, 0.1) is 12.5 Å². The standard InChI is InChI=1S/C19H22IN3O4/c1-2-26-19(25)14-9-11-23(12-10-14)17(24)8-7-16-21-18(22-27-16)13-3-5-15(20)6-4-13/h3-6,14H,2,7-12H2,1H3. The lowest BCUT2D eigenvalue weighted by Crippen LogP contribution is -2.40. The topological polar surface area (TPSA) is 85.5 Å². The normalized spacial score (nSPS) is 15.0. The molecule has 1 amide bonds. The number of rotatable bonds is 6. The smallest absolute Gasteiger partial charge is 0.309 e. The molecule has 1 aromatic carbocycles. The van der Waals surface area contributed by atoms with Gasteiger partial charge in [0, 0.05) is 35.1 Å². The number of aromatic nitrogens is 2. The maximum Gasteiger partial charge on any atom is 0.309 e. The van der Waals surface area contributed by atoms with Crippen LogP contribution in [0.3, 0.4) is 0 Å². The summed E-state index contributed by atoms with van der Waals surface area (Å²) < 4.78 is 11.5. The summed E-state index contributed by atoms with van der Waals surface area (Å²) in [4.78, 5) is 30.3. The highest BCUT2D eigenvalue weighted by molar-refractivity contribution is 14.1. The molecule has 1 aliphatic heterocycles. The Morgan fingerprint density at radius 2 is 1.96 bits per heavy atom. The van der Waals surface area contributed by atoms with Crippen molar-refractivity contribution >= 4 is 34.5 Å². The van der Waals surface area contributed by atoms with Gasteiger partial charge in [-0.15, -0.1) is 0 Å². The van der Waals surface area contributed by atoms with Gasteiger partial charge in [0.25, 0.3) is 0 Å². The Balaban J connectivity index is 1.47. The molecular weight excluding hydrogens is 461 g/mol. The van der Waals surface area contributed by atoms with Crippen LogP contribution in [0.2, 0.25) is 0 Å². The number of halogens is 1. The number of aryl methyl sites for hydroxylation is 1. The molecule has 0 aliphatic carbocycles. The zero-order valence-electron chi connectivity index (χ0n) is 15.2. The lowest BCUT2D eigenvalue weighted by atomic mass is 9.97. The summed E-state index contributed by atoms with van der Waals surface area (Å²) in [5, 5.41) is 3.99. The third-order valence-electron chi connectivity index (χ3n) is 4.59. The van der Waals surface area contributed by atoms with Crippen LogP contribution in [-0.2, 0) is 20.7 Å². The van der Waals surface area contributed by atoms with Crippen molar-refractivity contribution in [2.45, 2.75) is 32.6 Å². The van der Waals surface area contributed by atoms with E-state index in [0.717, 1.165) is 9.13 Å². The molecule has 3 rings (SSSR count). The van der Waals surface area contributed by atoms with Crippen molar-refractivity contribution in [1.82, 2.24) is 15.0 Å². The van der Waals surface area contributed by atoms with Gasteiger partial charge in [0.2, 0.25) is 17.6 Å². The molecule has 8 heteroatoms. The number of amides is 1. The van der Waals surface area contributed by atoms with Crippen molar-refractivity contribution in [2.75, 3.05) is 19.7 Å². The quantitative estimate of drug-likeness (QED) is 0.464. The molecular formula is C19H22IN3O4. The Morgan fingerprint density at radius 3 is 2.63 bits per heavy atom. The predicted octanol–water partition coefficient (Wildman–Crippen LogP) is 3.08. The van der Waals surface area contributed by atoms with Crippen LogP contribution >= 0.6 is 22.6 Å². The molecule has 0 saturated carbocycles. The lowest BCUT2D eigenvalue weighted by molar-refractivity contribution is -0.151. The molecule has 2 heterocycles. The van der Waals surface area contributed by atoms with Crippen LogP contribution in [-0.4, -0.2) is 46.6 Å². The van der Waals surface area contributed by atoms with E-state index in [2.05, 4.69) is 32.7 Å². The fourth-order valence-corrected chi connectivity index (χ4v) is 3.43. The Bertz CT molecular complexity index is 783. The Labute approximate surface area is 171 Å². The summed E-state index contributed by atoms with van der Waals surface area (Å²) in [7, 11) is 0. The van der Waals surface area contributed by atoms with E-state index < -0.39 is 0 Å². The molecule has 27 heavy (non-hydrogen) atoms. The maximum atomic E-state index is 12.4. The second kappa shape index (κ2) is 9.29. The van der Waals surface area contributed by atoms with Gasteiger partial charge < -0.3 is 14.2 Å². The minimum absolute atomic E-state index is 0.0475. The SMILES string of the molecule is CCOC(=O)C1CCN(C(=O)CCc2nc(-c3ccc(I)cc3)no2)CC1. The van der Waals surface area contributed by atoms with E-state index in [0.29, 0.717) is 57.1 Å². The first kappa shape index (κ1) is 19.8. The Hall–Kier alpha value is -1.97. The van der Waals surface area contributed by atoms with Gasteiger partial charge in [-0.1, -0.05) is 17.3 Å². The summed E-state index contributed by atoms with van der Waals surface area (Å²) in [6.07, 6.45) is 2.04. The number of piperidine rings is 1. The number of hydrogen-bond acceptors (Lipinski definition) is 6. The first-order valence-corrected chi connectivity index (χ1v) is 10.2. The van der Waals surface area contributed by atoms with Crippen LogP contribution in [0.4, 0.5) is 0 Å². The zero-order chi connectivity index (χ0) is 19.2. The van der Waals surface area contributed by atoms with Crippen molar-refractivity contribution in [3.63, 3.8) is 0 Å². The zero-order valence-corrected chi connectivity index (χ0v) is 17.3. The minimum Gasteiger partial charge on any atom is -0.466 e. The van der Waals surface area contributed by atoms with Gasteiger partial charge in [-0.25, -0.2) is 0 Å². The molecule has 0 bridgehead atoms. The molecule has 0 spiro atoms. The number of benzene rings is 1. The molecule has 1 fully saturated rings. The highest BCUT2D eigenvalue weighted by Gasteiger charge is 2.28. The van der Waals surface area contributed by atoms with Crippen LogP contribution < -0.4 is 0 Å². The molecule has 1 aromatic heterocycles. The molecule has 0 unspecified atom stereocenters. The maximum absolute atomic E-state index is 12.4. The van der Waals surface area contributed by atoms with Gasteiger partial charge in [0.15, 0.2) is 0 Å². The van der Waals surface area contributed by atoms with Gasteiger partial charge in [0.1, 0.15) is 0 Å². The summed E-state index contributed by atoms with van der Waals surface area (Å²) in [6, 6.07) is 7.84. The third kappa shape index (κ3) is 5.27. The molecule has 0 atom stereocenters. The lowest BCUT2D eigenvalue weighted by Gasteiger charge is -2.30. The fraction of sp³-hybridized carbons (Fsp3) is 0.474. The van der Waals surface area contributed by atoms with Crippen molar-refractivity contribution in [2.24, 2.45) is 5.92 Å². The molecule has 7 nitrogen and oxygen atoms in total. The average Bonchev–Trinajstić information content (AvgIpc) is 3.16. The van der Waals surface area contributed by atoms with E-state index in [1.165, 1.54) is 0 Å². The number of hydrogen-bond donors (Lipinski definition) is 0. The van der Waals surface area contributed by atoms with Crippen LogP contribution in [0.25, 0.3) is 11.4 Å². The highest BCUT2D eigenvalue weighted by atomic mass is 127. The molecule has 144 valence electrons. The van der Waals surface area contributed by atoms with E-state index >= 15 is 0 Å². The molecule has 1 aliphatic rings. The van der Waals surface area contributed by atoms with Crippen molar-refractivity contribution in [3.8, 4) is 11.4 Å². The second-order valence-electron chi connectivity index (χ2n) is 6.43. The van der Waals surface area contributed by atoms with E-state index in [-0.39, 0.29) is 17.8 Å². The minimum atomic E-state index is -0.154. The van der Waals surface area contributed by atoms with E-state index in [1.54, 1.807) is 11.8 Å². The first-order chi connectivity index (χ1) is 13.1. The summed E-state index contributed by atoms with van der Waals surface area (Å²) >= 11 is 2.24. The summed E-state index contributed by atoms with van der Waals surface area (Å²) in [6.45, 7) is 3.37. The molecule has 0 N–H and O–H groups in total. The number of likely N-dealkylation sites (tertiary alicyclic amines) is 1. The van der Waals surface area contributed by atoms with Crippen molar-refractivity contribution in [3.05, 3.63) is 33.7 Å². The van der Waals surface area contributed by atoms with Gasteiger partial charge >= 0.3 is 5.97 Å². The number of ether oxygens (including phenoxy) is 1. The number of carbonyl (C=O) groups is 2. The van der Waals surface area contributed by atoms with Crippen LogP contribution in [0, 0.1) is 9.49 Å². The molecule has 2 aromatic rings. The first-order valence-electron chi connectivity index (χ1n) is 9.09. The van der Waals surface area contributed by atoms with Gasteiger partial charge in [-0.05, 0) is 54.5 Å². The monoisotopic (exact) mass is 483 g/mol. The molecule has 0 radical (unpaired) electrons. The van der Waals surface area contributed by atoms with Crippen LogP contribution in [0.5, 0.6) is 0 Å². The van der Waals surface area contributed by atoms with Crippen molar-refractivity contribution in [1.29, 1.82) is 0 Å².